The number of carbonyl (C=O) groups excluding carboxylic acids is 1. The minimum Gasteiger partial charge on any atom is -0.493 e. The Morgan fingerprint density at radius 3 is 2.68 bits per heavy atom. The van der Waals surface area contributed by atoms with E-state index in [0.29, 0.717) is 19.8 Å². The van der Waals surface area contributed by atoms with Gasteiger partial charge in [-0.05, 0) is 31.2 Å². The normalized spacial score (nSPS) is 19.1. The molecule has 6 nitrogen and oxygen atoms in total. The van der Waals surface area contributed by atoms with Crippen LogP contribution in [0, 0.1) is 0 Å². The van der Waals surface area contributed by atoms with Gasteiger partial charge in [-0.1, -0.05) is 0 Å². The molecule has 1 aliphatic rings. The minimum atomic E-state index is -0.343. The number of nitrogens with zero attached hydrogens (tertiary/aromatic N) is 1. The van der Waals surface area contributed by atoms with Gasteiger partial charge in [-0.3, -0.25) is 4.90 Å². The van der Waals surface area contributed by atoms with Crippen molar-refractivity contribution in [1.82, 2.24) is 0 Å². The molecule has 2 atom stereocenters. The average Bonchev–Trinajstić information content (AvgIpc) is 2.89. The number of benzene rings is 1. The summed E-state index contributed by atoms with van der Waals surface area (Å²) in [4.78, 5) is 13.4. The van der Waals surface area contributed by atoms with E-state index in [1.807, 2.05) is 31.2 Å². The summed E-state index contributed by atoms with van der Waals surface area (Å²) in [6.45, 7) is 3.50. The Balaban J connectivity index is 1.87. The molecule has 1 saturated heterocycles. The molecule has 1 amide bonds. The Morgan fingerprint density at radius 2 is 2.05 bits per heavy atom. The Labute approximate surface area is 130 Å². The van der Waals surface area contributed by atoms with Crippen molar-refractivity contribution in [2.75, 3.05) is 38.9 Å². The van der Waals surface area contributed by atoms with E-state index in [-0.39, 0.29) is 18.3 Å². The van der Waals surface area contributed by atoms with Crippen LogP contribution in [0.15, 0.2) is 24.3 Å². The Kier molecular flexibility index (Phi) is 6.03. The lowest BCUT2D eigenvalue weighted by Crippen LogP contribution is -2.25. The van der Waals surface area contributed by atoms with Crippen molar-refractivity contribution < 1.29 is 23.7 Å². The fourth-order valence-electron chi connectivity index (χ4n) is 2.19. The summed E-state index contributed by atoms with van der Waals surface area (Å²) in [7, 11) is 3.28. The predicted octanol–water partition coefficient (Wildman–Crippen LogP) is 2.46. The van der Waals surface area contributed by atoms with Gasteiger partial charge >= 0.3 is 6.09 Å². The highest BCUT2D eigenvalue weighted by Crippen LogP contribution is 2.24. The molecule has 1 fully saturated rings. The van der Waals surface area contributed by atoms with Crippen LogP contribution in [-0.4, -0.2) is 52.3 Å². The molecule has 0 saturated carbocycles. The molecule has 1 aliphatic heterocycles. The zero-order valence-corrected chi connectivity index (χ0v) is 13.3. The predicted molar refractivity (Wildman–Crippen MR) is 82.5 cm³/mol. The maximum absolute atomic E-state index is 11.8. The summed E-state index contributed by atoms with van der Waals surface area (Å²) in [5.41, 5.74) is 0.793. The van der Waals surface area contributed by atoms with Crippen LogP contribution < -0.4 is 9.64 Å². The zero-order chi connectivity index (χ0) is 15.9. The number of hydrogen-bond acceptors (Lipinski definition) is 5. The van der Waals surface area contributed by atoms with E-state index in [9.17, 15) is 4.79 Å². The minimum absolute atomic E-state index is 0.177. The van der Waals surface area contributed by atoms with E-state index >= 15 is 0 Å². The third-order valence-electron chi connectivity index (χ3n) is 3.57. The molecule has 22 heavy (non-hydrogen) atoms. The second-order valence-electron chi connectivity index (χ2n) is 5.25. The van der Waals surface area contributed by atoms with Crippen LogP contribution in [0.5, 0.6) is 5.75 Å². The van der Waals surface area contributed by atoms with Crippen molar-refractivity contribution in [2.24, 2.45) is 0 Å². The van der Waals surface area contributed by atoms with Crippen LogP contribution in [-0.2, 0) is 14.2 Å². The first-order valence-corrected chi connectivity index (χ1v) is 7.36. The van der Waals surface area contributed by atoms with Crippen LogP contribution in [0.25, 0.3) is 0 Å². The number of amides is 1. The molecule has 1 heterocycles. The monoisotopic (exact) mass is 309 g/mol. The second-order valence-corrected chi connectivity index (χ2v) is 5.25. The summed E-state index contributed by atoms with van der Waals surface area (Å²) in [5, 5.41) is 0. The number of anilines is 1. The van der Waals surface area contributed by atoms with Gasteiger partial charge < -0.3 is 18.9 Å². The number of ether oxygens (including phenoxy) is 4. The highest BCUT2D eigenvalue weighted by Gasteiger charge is 2.32. The molecule has 0 radical (unpaired) electrons. The van der Waals surface area contributed by atoms with Gasteiger partial charge in [-0.15, -0.1) is 0 Å². The van der Waals surface area contributed by atoms with Crippen molar-refractivity contribution in [3.05, 3.63) is 24.3 Å². The molecule has 2 unspecified atom stereocenters. The van der Waals surface area contributed by atoms with Crippen molar-refractivity contribution in [3.63, 3.8) is 0 Å². The number of methoxy groups -OCH3 is 2. The van der Waals surface area contributed by atoms with Crippen LogP contribution in [0.1, 0.15) is 13.3 Å². The highest BCUT2D eigenvalue weighted by molar-refractivity contribution is 5.89. The maximum Gasteiger partial charge on any atom is 0.414 e. The molecule has 0 aromatic heterocycles. The zero-order valence-electron chi connectivity index (χ0n) is 13.3. The van der Waals surface area contributed by atoms with Gasteiger partial charge in [0.25, 0.3) is 0 Å². The van der Waals surface area contributed by atoms with Crippen LogP contribution in [0.4, 0.5) is 10.5 Å². The molecule has 0 N–H and O–H groups in total. The van der Waals surface area contributed by atoms with E-state index < -0.39 is 0 Å². The average molecular weight is 309 g/mol. The van der Waals surface area contributed by atoms with E-state index in [0.717, 1.165) is 17.9 Å². The highest BCUT2D eigenvalue weighted by atomic mass is 16.6. The van der Waals surface area contributed by atoms with Crippen LogP contribution >= 0.6 is 0 Å². The summed E-state index contributed by atoms with van der Waals surface area (Å²) in [6.07, 6.45) is 0.444. The molecule has 6 heteroatoms. The Bertz CT molecular complexity index is 476. The topological polar surface area (TPSA) is 57.2 Å². The smallest absolute Gasteiger partial charge is 0.414 e. The van der Waals surface area contributed by atoms with Gasteiger partial charge in [0.1, 0.15) is 11.9 Å². The lowest BCUT2D eigenvalue weighted by Gasteiger charge is -2.14. The first-order chi connectivity index (χ1) is 10.6. The Morgan fingerprint density at radius 1 is 1.32 bits per heavy atom. The summed E-state index contributed by atoms with van der Waals surface area (Å²) < 4.78 is 21.1. The number of cyclic esters (lactones) is 1. The van der Waals surface area contributed by atoms with Crippen molar-refractivity contribution >= 4 is 11.8 Å². The number of rotatable bonds is 8. The van der Waals surface area contributed by atoms with Gasteiger partial charge in [0.15, 0.2) is 0 Å². The lowest BCUT2D eigenvalue weighted by atomic mass is 10.2. The standard InChI is InChI=1S/C16H23NO5/c1-12(20-3)8-9-21-14-6-4-13(5-7-14)17-10-15(11-19-2)22-16(17)18/h4-7,12,15H,8-11H2,1-3H3. The maximum atomic E-state index is 11.8. The van der Waals surface area contributed by atoms with E-state index in [1.165, 1.54) is 0 Å². The van der Waals surface area contributed by atoms with Crippen LogP contribution in [0.3, 0.4) is 0 Å². The fourth-order valence-corrected chi connectivity index (χ4v) is 2.19. The Hall–Kier alpha value is -1.79. The molecule has 0 spiro atoms. The SMILES string of the molecule is COCC1CN(c2ccc(OCCC(C)OC)cc2)C(=O)O1. The second kappa shape index (κ2) is 8.00. The number of carbonyl (C=O) groups is 1. The van der Waals surface area contributed by atoms with Gasteiger partial charge in [0, 0.05) is 26.3 Å². The fraction of sp³-hybridized carbons (Fsp3) is 0.562. The third kappa shape index (κ3) is 4.35. The summed E-state index contributed by atoms with van der Waals surface area (Å²) >= 11 is 0. The molecule has 1 aromatic carbocycles. The van der Waals surface area contributed by atoms with E-state index in [1.54, 1.807) is 19.1 Å². The molecule has 0 bridgehead atoms. The van der Waals surface area contributed by atoms with Gasteiger partial charge in [0.2, 0.25) is 0 Å². The summed E-state index contributed by atoms with van der Waals surface area (Å²) in [5.74, 6) is 0.771. The first-order valence-electron chi connectivity index (χ1n) is 7.36. The molecule has 2 rings (SSSR count). The first kappa shape index (κ1) is 16.6. The molecular formula is C16H23NO5. The number of hydrogen-bond donors (Lipinski definition) is 0. The molecule has 1 aromatic rings. The van der Waals surface area contributed by atoms with Crippen molar-refractivity contribution in [1.29, 1.82) is 0 Å². The van der Waals surface area contributed by atoms with Gasteiger partial charge in [-0.25, -0.2) is 4.79 Å². The lowest BCUT2D eigenvalue weighted by molar-refractivity contribution is 0.0718. The quantitative estimate of drug-likeness (QED) is 0.738. The van der Waals surface area contributed by atoms with E-state index in [4.69, 9.17) is 18.9 Å². The van der Waals surface area contributed by atoms with Crippen LogP contribution in [0.2, 0.25) is 0 Å². The van der Waals surface area contributed by atoms with Gasteiger partial charge in [0.05, 0.1) is 25.9 Å². The summed E-state index contributed by atoms with van der Waals surface area (Å²) in [6, 6.07) is 7.41. The molecule has 0 aliphatic carbocycles. The van der Waals surface area contributed by atoms with E-state index in [2.05, 4.69) is 0 Å². The van der Waals surface area contributed by atoms with Gasteiger partial charge in [-0.2, -0.15) is 0 Å². The molecule has 122 valence electrons. The molecular weight excluding hydrogens is 286 g/mol. The van der Waals surface area contributed by atoms with Crippen molar-refractivity contribution in [3.8, 4) is 5.75 Å². The third-order valence-corrected chi connectivity index (χ3v) is 3.57. The largest absolute Gasteiger partial charge is 0.493 e. The van der Waals surface area contributed by atoms with Crippen molar-refractivity contribution in [2.45, 2.75) is 25.6 Å².